The Morgan fingerprint density at radius 1 is 1.50 bits per heavy atom. The molecule has 0 aliphatic carbocycles. The van der Waals surface area contributed by atoms with Gasteiger partial charge in [-0.3, -0.25) is 5.10 Å². The van der Waals surface area contributed by atoms with Gasteiger partial charge in [0.1, 0.15) is 0 Å². The van der Waals surface area contributed by atoms with Crippen molar-refractivity contribution in [2.75, 3.05) is 0 Å². The molecule has 2 nitrogen and oxygen atoms in total. The molecule has 0 saturated heterocycles. The van der Waals surface area contributed by atoms with Crippen LogP contribution in [0, 0.1) is 0 Å². The van der Waals surface area contributed by atoms with E-state index in [-0.39, 0.29) is 0 Å². The number of benzene rings is 1. The molecule has 2 heterocycles. The summed E-state index contributed by atoms with van der Waals surface area (Å²) >= 11 is 1.65. The van der Waals surface area contributed by atoms with E-state index in [0.717, 1.165) is 21.0 Å². The Morgan fingerprint density at radius 2 is 2.50 bits per heavy atom. The molecule has 0 aliphatic heterocycles. The van der Waals surface area contributed by atoms with E-state index in [1.54, 1.807) is 17.5 Å². The molecule has 0 atom stereocenters. The summed E-state index contributed by atoms with van der Waals surface area (Å²) in [6.07, 6.45) is 1.70. The van der Waals surface area contributed by atoms with Crippen LogP contribution in [0.3, 0.4) is 0 Å². The minimum Gasteiger partial charge on any atom is -0.278 e. The molecule has 0 spiro atoms. The van der Waals surface area contributed by atoms with Crippen LogP contribution in [0.5, 0.6) is 0 Å². The number of nitrogens with zero attached hydrogens (tertiary/aromatic N) is 1. The Morgan fingerprint density at radius 3 is 3.50 bits per heavy atom. The van der Waals surface area contributed by atoms with Gasteiger partial charge in [-0.05, 0) is 28.9 Å². The normalized spacial score (nSPS) is 12.5. The summed E-state index contributed by atoms with van der Waals surface area (Å²) in [5.74, 6) is 0. The van der Waals surface area contributed by atoms with Gasteiger partial charge in [-0.1, -0.05) is 0 Å². The number of fused-ring (bicyclic) bond motifs is 2. The van der Waals surface area contributed by atoms with Crippen molar-refractivity contribution in [1.29, 1.82) is 0 Å². The summed E-state index contributed by atoms with van der Waals surface area (Å²) < 4.78 is 9.05. The van der Waals surface area contributed by atoms with Crippen molar-refractivity contribution < 1.29 is 1.37 Å². The Labute approximate surface area is 74.2 Å². The number of hydrogen-bond donors (Lipinski definition) is 1. The van der Waals surface area contributed by atoms with Crippen molar-refractivity contribution in [3.8, 4) is 0 Å². The van der Waals surface area contributed by atoms with Crippen molar-refractivity contribution in [2.24, 2.45) is 0 Å². The predicted octanol–water partition coefficient (Wildman–Crippen LogP) is 2.78. The Kier molecular flexibility index (Phi) is 0.921. The fourth-order valence-corrected chi connectivity index (χ4v) is 2.10. The van der Waals surface area contributed by atoms with Crippen molar-refractivity contribution in [3.05, 3.63) is 29.8 Å². The second-order valence-electron chi connectivity index (χ2n) is 2.67. The lowest BCUT2D eigenvalue weighted by Gasteiger charge is -1.88. The zero-order chi connectivity index (χ0) is 8.84. The molecule has 3 aromatic rings. The number of nitrogens with one attached hydrogen (secondary N) is 1. The molecule has 0 amide bonds. The van der Waals surface area contributed by atoms with E-state index in [1.807, 2.05) is 17.5 Å². The van der Waals surface area contributed by atoms with Gasteiger partial charge < -0.3 is 0 Å². The molecule has 58 valence electrons. The molecule has 1 N–H and O–H groups in total. The van der Waals surface area contributed by atoms with E-state index < -0.39 is 0 Å². The first-order valence-corrected chi connectivity index (χ1v) is 4.54. The van der Waals surface area contributed by atoms with Crippen molar-refractivity contribution in [3.63, 3.8) is 0 Å². The van der Waals surface area contributed by atoms with Gasteiger partial charge in [0.2, 0.25) is 0 Å². The van der Waals surface area contributed by atoms with E-state index in [2.05, 4.69) is 10.2 Å². The fraction of sp³-hybridized carbons (Fsp3) is 0. The standard InChI is InChI=1S/C9H6N2S/c1-2-12-9-4-8-7(3-6(1)9)5-10-11-8/h1-5H,(H,10,11)/i3D. The molecule has 2 aromatic heterocycles. The van der Waals surface area contributed by atoms with Crippen molar-refractivity contribution in [2.45, 2.75) is 0 Å². The van der Waals surface area contributed by atoms with Crippen LogP contribution < -0.4 is 0 Å². The van der Waals surface area contributed by atoms with Crippen LogP contribution in [0.2, 0.25) is 0 Å². The first kappa shape index (κ1) is 5.32. The van der Waals surface area contributed by atoms with Crippen molar-refractivity contribution >= 4 is 32.3 Å². The molecular formula is C9H6N2S. The number of aromatic amines is 1. The average molecular weight is 175 g/mol. The highest BCUT2D eigenvalue weighted by atomic mass is 32.1. The maximum absolute atomic E-state index is 7.91. The molecule has 0 bridgehead atoms. The zero-order valence-corrected chi connectivity index (χ0v) is 6.98. The van der Waals surface area contributed by atoms with Gasteiger partial charge in [-0.2, -0.15) is 5.10 Å². The number of rotatable bonds is 0. The van der Waals surface area contributed by atoms with Crippen LogP contribution in [-0.2, 0) is 0 Å². The SMILES string of the molecule is [2H]c1c2cn[nH]c2cc2sccc12. The monoisotopic (exact) mass is 175 g/mol. The molecule has 3 rings (SSSR count). The second kappa shape index (κ2) is 2.08. The molecule has 1 aromatic carbocycles. The van der Waals surface area contributed by atoms with Gasteiger partial charge in [-0.15, -0.1) is 11.3 Å². The summed E-state index contributed by atoms with van der Waals surface area (Å²) in [5, 5.41) is 10.7. The van der Waals surface area contributed by atoms with Gasteiger partial charge in [-0.25, -0.2) is 0 Å². The Hall–Kier alpha value is -1.35. The lowest BCUT2D eigenvalue weighted by molar-refractivity contribution is 1.12. The van der Waals surface area contributed by atoms with E-state index in [1.165, 1.54) is 0 Å². The van der Waals surface area contributed by atoms with Crippen LogP contribution in [0.1, 0.15) is 1.37 Å². The maximum atomic E-state index is 7.91. The number of hydrogen-bond acceptors (Lipinski definition) is 2. The second-order valence-corrected chi connectivity index (χ2v) is 3.61. The topological polar surface area (TPSA) is 28.7 Å². The van der Waals surface area contributed by atoms with Crippen LogP contribution in [0.15, 0.2) is 29.8 Å². The summed E-state index contributed by atoms with van der Waals surface area (Å²) in [7, 11) is 0. The quantitative estimate of drug-likeness (QED) is 0.559. The third-order valence-electron chi connectivity index (χ3n) is 1.91. The summed E-state index contributed by atoms with van der Waals surface area (Å²) in [6.45, 7) is 0. The highest BCUT2D eigenvalue weighted by Crippen LogP contribution is 2.25. The molecule has 0 radical (unpaired) electrons. The number of H-pyrrole nitrogens is 1. The van der Waals surface area contributed by atoms with E-state index in [4.69, 9.17) is 1.37 Å². The van der Waals surface area contributed by atoms with Crippen LogP contribution >= 0.6 is 11.3 Å². The zero-order valence-electron chi connectivity index (χ0n) is 7.16. The van der Waals surface area contributed by atoms with Crippen molar-refractivity contribution in [1.82, 2.24) is 10.2 Å². The largest absolute Gasteiger partial charge is 0.278 e. The molecule has 0 aliphatic rings. The number of aromatic nitrogens is 2. The minimum absolute atomic E-state index is 0.572. The third kappa shape index (κ3) is 0.713. The highest BCUT2D eigenvalue weighted by Gasteiger charge is 1.98. The van der Waals surface area contributed by atoms with Crippen LogP contribution in [0.25, 0.3) is 21.0 Å². The van der Waals surface area contributed by atoms with Gasteiger partial charge >= 0.3 is 0 Å². The molecule has 3 heteroatoms. The smallest absolute Gasteiger partial charge is 0.0664 e. The minimum atomic E-state index is 0.572. The van der Waals surface area contributed by atoms with Gasteiger partial charge in [0.25, 0.3) is 0 Å². The average Bonchev–Trinajstić information content (AvgIpc) is 2.71. The lowest BCUT2D eigenvalue weighted by Crippen LogP contribution is -1.66. The highest BCUT2D eigenvalue weighted by molar-refractivity contribution is 7.17. The number of thiophene rings is 1. The first-order valence-electron chi connectivity index (χ1n) is 4.16. The van der Waals surface area contributed by atoms with E-state index >= 15 is 0 Å². The third-order valence-corrected chi connectivity index (χ3v) is 2.77. The maximum Gasteiger partial charge on any atom is 0.0664 e. The summed E-state index contributed by atoms with van der Waals surface area (Å²) in [5.41, 5.74) is 0.944. The van der Waals surface area contributed by atoms with Gasteiger partial charge in [0.15, 0.2) is 0 Å². The Bertz CT molecular complexity index is 533. The van der Waals surface area contributed by atoms with Gasteiger partial charge in [0.05, 0.1) is 13.1 Å². The van der Waals surface area contributed by atoms with E-state index in [9.17, 15) is 0 Å². The molecule has 0 fully saturated rings. The van der Waals surface area contributed by atoms with Crippen LogP contribution in [-0.4, -0.2) is 10.2 Å². The molecule has 0 unspecified atom stereocenters. The molecule has 0 saturated carbocycles. The van der Waals surface area contributed by atoms with Crippen LogP contribution in [0.4, 0.5) is 0 Å². The Balaban J connectivity index is 2.67. The van der Waals surface area contributed by atoms with E-state index in [0.29, 0.717) is 6.04 Å². The molecule has 12 heavy (non-hydrogen) atoms. The summed E-state index contributed by atoms with van der Waals surface area (Å²) in [6, 6.07) is 4.59. The first-order chi connectivity index (χ1) is 6.36. The summed E-state index contributed by atoms with van der Waals surface area (Å²) in [4.78, 5) is 0. The molecular weight excluding hydrogens is 168 g/mol. The fourth-order valence-electron chi connectivity index (χ4n) is 1.32. The predicted molar refractivity (Wildman–Crippen MR) is 51.5 cm³/mol. The lowest BCUT2D eigenvalue weighted by atomic mass is 10.2. The van der Waals surface area contributed by atoms with Gasteiger partial charge in [0, 0.05) is 10.1 Å².